The third-order valence-corrected chi connectivity index (χ3v) is 2.10. The van der Waals surface area contributed by atoms with Crippen LogP contribution in [-0.2, 0) is 10.3 Å². The maximum Gasteiger partial charge on any atom is 0.345 e. The lowest BCUT2D eigenvalue weighted by Gasteiger charge is -2.15. The zero-order valence-corrected chi connectivity index (χ0v) is 7.40. The third-order valence-electron chi connectivity index (χ3n) is 2.10. The molecule has 1 aromatic heterocycles. The number of nitrogens with zero attached hydrogens (tertiary/aromatic N) is 1. The van der Waals surface area contributed by atoms with E-state index in [0.717, 1.165) is 0 Å². The molecule has 4 nitrogen and oxygen atoms in total. The quantitative estimate of drug-likeness (QED) is 0.335. The predicted octanol–water partition coefficient (Wildman–Crippen LogP) is 0.726. The van der Waals surface area contributed by atoms with E-state index in [1.54, 1.807) is 19.9 Å². The molecule has 2 rings (SSSR count). The van der Waals surface area contributed by atoms with Crippen LogP contribution >= 0.6 is 0 Å². The zero-order chi connectivity index (χ0) is 9.64. The van der Waals surface area contributed by atoms with Crippen LogP contribution in [0.2, 0.25) is 0 Å². The molecule has 2 heterocycles. The lowest BCUT2D eigenvalue weighted by atomic mass is 10.0. The Hall–Kier alpha value is -1.58. The van der Waals surface area contributed by atoms with Gasteiger partial charge in [-0.05, 0) is 19.9 Å². The van der Waals surface area contributed by atoms with Gasteiger partial charge in [0.25, 0.3) is 5.69 Å². The first-order valence-corrected chi connectivity index (χ1v) is 3.98. The van der Waals surface area contributed by atoms with Crippen molar-refractivity contribution in [3.05, 3.63) is 34.8 Å². The Balaban J connectivity index is 2.73. The van der Waals surface area contributed by atoms with Crippen molar-refractivity contribution in [2.45, 2.75) is 19.4 Å². The molecule has 0 aromatic carbocycles. The number of fused-ring (bicyclic) bond motifs is 1. The highest BCUT2D eigenvalue weighted by atomic mass is 16.6. The van der Waals surface area contributed by atoms with E-state index in [1.807, 2.05) is 0 Å². The Morgan fingerprint density at radius 3 is 2.85 bits per heavy atom. The minimum Gasteiger partial charge on any atom is -0.618 e. The molecule has 0 unspecified atom stereocenters. The van der Waals surface area contributed by atoms with Crippen molar-refractivity contribution in [3.63, 3.8) is 0 Å². The molecule has 1 aliphatic rings. The highest BCUT2D eigenvalue weighted by Crippen LogP contribution is 2.32. The van der Waals surface area contributed by atoms with Crippen LogP contribution in [0.15, 0.2) is 18.3 Å². The molecule has 0 saturated heterocycles. The highest BCUT2D eigenvalue weighted by molar-refractivity contribution is 5.93. The lowest BCUT2D eigenvalue weighted by Crippen LogP contribution is -2.38. The number of esters is 1. The lowest BCUT2D eigenvalue weighted by molar-refractivity contribution is -0.620. The fraction of sp³-hybridized carbons (Fsp3) is 0.333. The second kappa shape index (κ2) is 2.22. The molecule has 0 fully saturated rings. The van der Waals surface area contributed by atoms with Crippen LogP contribution in [0.3, 0.4) is 0 Å². The average Bonchev–Trinajstić information content (AvgIpc) is 2.24. The van der Waals surface area contributed by atoms with E-state index in [0.29, 0.717) is 16.0 Å². The molecule has 0 atom stereocenters. The standard InChI is InChI=1S/C9H9NO3/c1-9(2)7-6(8(11)13-9)4-3-5-10(7)12/h3-5H,1-2H3. The van der Waals surface area contributed by atoms with Crippen LogP contribution in [-0.4, -0.2) is 5.97 Å². The Kier molecular flexibility index (Phi) is 1.37. The molecule has 0 saturated carbocycles. The van der Waals surface area contributed by atoms with E-state index in [-0.39, 0.29) is 0 Å². The fourth-order valence-electron chi connectivity index (χ4n) is 1.58. The first-order valence-electron chi connectivity index (χ1n) is 3.98. The molecule has 1 aromatic rings. The van der Waals surface area contributed by atoms with E-state index in [1.165, 1.54) is 12.3 Å². The second-order valence-electron chi connectivity index (χ2n) is 3.50. The van der Waals surface area contributed by atoms with Gasteiger partial charge >= 0.3 is 5.97 Å². The van der Waals surface area contributed by atoms with Gasteiger partial charge in [0.1, 0.15) is 5.56 Å². The maximum absolute atomic E-state index is 11.4. The summed E-state index contributed by atoms with van der Waals surface area (Å²) in [5.74, 6) is -0.426. The Morgan fingerprint density at radius 2 is 2.23 bits per heavy atom. The minimum absolute atomic E-state index is 0.363. The monoisotopic (exact) mass is 179 g/mol. The number of rotatable bonds is 0. The van der Waals surface area contributed by atoms with Crippen LogP contribution in [0.25, 0.3) is 0 Å². The summed E-state index contributed by atoms with van der Waals surface area (Å²) in [6, 6.07) is 3.13. The highest BCUT2D eigenvalue weighted by Gasteiger charge is 2.44. The number of aromatic nitrogens is 1. The van der Waals surface area contributed by atoms with Crippen molar-refractivity contribution >= 4 is 5.97 Å². The van der Waals surface area contributed by atoms with Crippen molar-refractivity contribution in [1.29, 1.82) is 0 Å². The topological polar surface area (TPSA) is 53.2 Å². The molecule has 0 aliphatic carbocycles. The first kappa shape index (κ1) is 8.04. The van der Waals surface area contributed by atoms with E-state index in [2.05, 4.69) is 0 Å². The molecule has 0 spiro atoms. The summed E-state index contributed by atoms with van der Waals surface area (Å²) in [7, 11) is 0. The molecule has 1 aliphatic heterocycles. The predicted molar refractivity (Wildman–Crippen MR) is 43.8 cm³/mol. The summed E-state index contributed by atoms with van der Waals surface area (Å²) < 4.78 is 5.72. The van der Waals surface area contributed by atoms with E-state index in [9.17, 15) is 10.0 Å². The van der Waals surface area contributed by atoms with Gasteiger partial charge in [-0.15, -0.1) is 0 Å². The molecular formula is C9H9NO3. The Bertz CT molecular complexity index is 384. The summed E-state index contributed by atoms with van der Waals surface area (Å²) in [6.45, 7) is 3.40. The van der Waals surface area contributed by atoms with Crippen molar-refractivity contribution in [2.75, 3.05) is 0 Å². The largest absolute Gasteiger partial charge is 0.618 e. The van der Waals surface area contributed by atoms with E-state index in [4.69, 9.17) is 4.74 Å². The van der Waals surface area contributed by atoms with E-state index >= 15 is 0 Å². The van der Waals surface area contributed by atoms with Gasteiger partial charge in [0.2, 0.25) is 0 Å². The van der Waals surface area contributed by atoms with Crippen LogP contribution < -0.4 is 4.73 Å². The first-order chi connectivity index (χ1) is 6.02. The Labute approximate surface area is 75.3 Å². The number of pyridine rings is 1. The molecule has 4 heteroatoms. The molecule has 13 heavy (non-hydrogen) atoms. The smallest absolute Gasteiger partial charge is 0.345 e. The molecule has 0 radical (unpaired) electrons. The van der Waals surface area contributed by atoms with Gasteiger partial charge in [-0.2, -0.15) is 4.73 Å². The summed E-state index contributed by atoms with van der Waals surface area (Å²) in [6.07, 6.45) is 1.36. The number of hydrogen-bond acceptors (Lipinski definition) is 3. The van der Waals surface area contributed by atoms with Crippen LogP contribution in [0, 0.1) is 5.21 Å². The van der Waals surface area contributed by atoms with E-state index < -0.39 is 11.6 Å². The van der Waals surface area contributed by atoms with Gasteiger partial charge in [-0.25, -0.2) is 4.79 Å². The van der Waals surface area contributed by atoms with Gasteiger partial charge in [-0.1, -0.05) is 0 Å². The molecule has 0 bridgehead atoms. The number of carbonyl (C=O) groups is 1. The maximum atomic E-state index is 11.4. The normalized spacial score (nSPS) is 18.2. The minimum atomic E-state index is -0.810. The van der Waals surface area contributed by atoms with Crippen LogP contribution in [0.4, 0.5) is 0 Å². The van der Waals surface area contributed by atoms with Gasteiger partial charge in [-0.3, -0.25) is 0 Å². The second-order valence-corrected chi connectivity index (χ2v) is 3.50. The summed E-state index contributed by atoms with van der Waals surface area (Å²) in [4.78, 5) is 11.3. The number of ether oxygens (including phenoxy) is 1. The van der Waals surface area contributed by atoms with Crippen molar-refractivity contribution in [2.24, 2.45) is 0 Å². The summed E-state index contributed by atoms with van der Waals surface area (Å²) in [5, 5.41) is 11.4. The molecule has 0 amide bonds. The number of hydrogen-bond donors (Lipinski definition) is 0. The third kappa shape index (κ3) is 0.983. The molecule has 0 N–H and O–H groups in total. The van der Waals surface area contributed by atoms with Crippen molar-refractivity contribution < 1.29 is 14.3 Å². The zero-order valence-electron chi connectivity index (χ0n) is 7.40. The molecular weight excluding hydrogens is 170 g/mol. The molecule has 68 valence electrons. The fourth-order valence-corrected chi connectivity index (χ4v) is 1.58. The van der Waals surface area contributed by atoms with Gasteiger partial charge in [0, 0.05) is 6.07 Å². The number of cyclic esters (lactones) is 1. The van der Waals surface area contributed by atoms with Crippen LogP contribution in [0.5, 0.6) is 0 Å². The van der Waals surface area contributed by atoms with Gasteiger partial charge in [0.05, 0.1) is 0 Å². The summed E-state index contributed by atoms with van der Waals surface area (Å²) in [5.41, 5.74) is -0.0578. The van der Waals surface area contributed by atoms with Gasteiger partial charge < -0.3 is 9.94 Å². The average molecular weight is 179 g/mol. The Morgan fingerprint density at radius 1 is 1.54 bits per heavy atom. The number of carbonyl (C=O) groups excluding carboxylic acids is 1. The van der Waals surface area contributed by atoms with Crippen molar-refractivity contribution in [3.8, 4) is 0 Å². The van der Waals surface area contributed by atoms with Crippen molar-refractivity contribution in [1.82, 2.24) is 0 Å². The SMILES string of the molecule is CC1(C)OC(=O)c2ccc[n+]([O-])c21. The van der Waals surface area contributed by atoms with Gasteiger partial charge in [0.15, 0.2) is 11.8 Å². The van der Waals surface area contributed by atoms with Crippen LogP contribution in [0.1, 0.15) is 29.9 Å². The summed E-state index contributed by atoms with van der Waals surface area (Å²) >= 11 is 0.